The van der Waals surface area contributed by atoms with Gasteiger partial charge in [0, 0.05) is 55.5 Å². The molecule has 2 aliphatic heterocycles. The average molecular weight is 569 g/mol. The monoisotopic (exact) mass is 568 g/mol. The molecule has 5 heterocycles. The van der Waals surface area contributed by atoms with Crippen LogP contribution in [0, 0.1) is 11.6 Å². The number of H-pyrrole nitrogens is 1. The fraction of sp³-hybridized carbons (Fsp3) is 0.296. The SMILES string of the molecule is CCCS(=O)(=O)N1CCN(C(C)=O)c2cc3c(cc21)-c1cn(C)c(=O)c2[nH]cc(c12)CN3c1ncc(F)cc1F. The van der Waals surface area contributed by atoms with Gasteiger partial charge in [-0.05, 0) is 24.1 Å². The molecule has 6 rings (SSSR count). The van der Waals surface area contributed by atoms with Gasteiger partial charge >= 0.3 is 0 Å². The van der Waals surface area contributed by atoms with Crippen molar-refractivity contribution in [3.05, 3.63) is 64.3 Å². The van der Waals surface area contributed by atoms with E-state index in [2.05, 4.69) is 9.97 Å². The summed E-state index contributed by atoms with van der Waals surface area (Å²) in [5.74, 6) is -2.25. The number of fused-ring (bicyclic) bond motifs is 3. The number of aromatic nitrogens is 3. The average Bonchev–Trinajstić information content (AvgIpc) is 3.27. The second kappa shape index (κ2) is 9.15. The molecule has 1 aromatic carbocycles. The highest BCUT2D eigenvalue weighted by molar-refractivity contribution is 7.92. The van der Waals surface area contributed by atoms with Crippen LogP contribution >= 0.6 is 0 Å². The molecule has 0 aliphatic carbocycles. The quantitative estimate of drug-likeness (QED) is 0.401. The predicted molar refractivity (Wildman–Crippen MR) is 148 cm³/mol. The molecule has 0 unspecified atom stereocenters. The zero-order chi connectivity index (χ0) is 28.5. The molecule has 0 saturated heterocycles. The van der Waals surface area contributed by atoms with Gasteiger partial charge in [0.05, 0.1) is 42.1 Å². The number of carbonyl (C=O) groups is 1. The van der Waals surface area contributed by atoms with Gasteiger partial charge in [0.15, 0.2) is 11.6 Å². The molecular formula is C27H26F2N6O4S. The number of benzene rings is 1. The molecule has 3 aromatic heterocycles. The first-order valence-electron chi connectivity index (χ1n) is 12.8. The van der Waals surface area contributed by atoms with Crippen LogP contribution in [0.3, 0.4) is 0 Å². The van der Waals surface area contributed by atoms with E-state index in [9.17, 15) is 22.4 Å². The van der Waals surface area contributed by atoms with Crippen molar-refractivity contribution >= 4 is 49.7 Å². The largest absolute Gasteiger partial charge is 0.356 e. The van der Waals surface area contributed by atoms with Crippen LogP contribution in [-0.4, -0.2) is 47.7 Å². The van der Waals surface area contributed by atoms with Crippen LogP contribution in [0.15, 0.2) is 41.6 Å². The van der Waals surface area contributed by atoms with Crippen molar-refractivity contribution in [2.45, 2.75) is 26.8 Å². The highest BCUT2D eigenvalue weighted by Gasteiger charge is 2.36. The van der Waals surface area contributed by atoms with Crippen molar-refractivity contribution in [2.24, 2.45) is 7.05 Å². The molecular weight excluding hydrogens is 542 g/mol. The van der Waals surface area contributed by atoms with Crippen molar-refractivity contribution in [1.82, 2.24) is 14.5 Å². The highest BCUT2D eigenvalue weighted by atomic mass is 32.2. The van der Waals surface area contributed by atoms with Gasteiger partial charge < -0.3 is 19.4 Å². The number of pyridine rings is 2. The van der Waals surface area contributed by atoms with E-state index < -0.39 is 21.7 Å². The van der Waals surface area contributed by atoms with Gasteiger partial charge in [-0.25, -0.2) is 22.2 Å². The normalized spacial score (nSPS) is 14.8. The number of rotatable bonds is 4. The third kappa shape index (κ3) is 3.86. The Balaban J connectivity index is 1.72. The molecule has 0 radical (unpaired) electrons. The maximum Gasteiger partial charge on any atom is 0.274 e. The first-order valence-corrected chi connectivity index (χ1v) is 14.4. The minimum absolute atomic E-state index is 0.0689. The zero-order valence-corrected chi connectivity index (χ0v) is 22.8. The molecule has 0 atom stereocenters. The maximum atomic E-state index is 15.2. The summed E-state index contributed by atoms with van der Waals surface area (Å²) in [4.78, 5) is 35.8. The standard InChI is InChI=1S/C27H26F2N6O4S/c1-4-7-40(38,39)35-6-5-33(15(2)36)22-10-21-18(9-23(22)35)19-14-32(3)27(37)25-24(19)16(11-30-25)13-34(21)26-20(29)8-17(28)12-31-26/h8-12,14,30H,4-7,13H2,1-3H3. The Labute approximate surface area is 228 Å². The molecule has 10 nitrogen and oxygen atoms in total. The van der Waals surface area contributed by atoms with Crippen LogP contribution in [-0.2, 0) is 28.4 Å². The number of halogens is 2. The lowest BCUT2D eigenvalue weighted by atomic mass is 9.98. The van der Waals surface area contributed by atoms with Crippen molar-refractivity contribution in [3.8, 4) is 11.1 Å². The Kier molecular flexibility index (Phi) is 5.95. The Bertz CT molecular complexity index is 1880. The molecule has 1 amide bonds. The Morgan fingerprint density at radius 1 is 1.10 bits per heavy atom. The van der Waals surface area contributed by atoms with Crippen molar-refractivity contribution in [1.29, 1.82) is 0 Å². The summed E-state index contributed by atoms with van der Waals surface area (Å²) in [6.45, 7) is 3.45. The van der Waals surface area contributed by atoms with Gasteiger partial charge in [-0.3, -0.25) is 13.9 Å². The molecule has 4 aromatic rings. The van der Waals surface area contributed by atoms with Crippen LogP contribution in [0.25, 0.3) is 22.0 Å². The van der Waals surface area contributed by atoms with Gasteiger partial charge in [-0.2, -0.15) is 0 Å². The zero-order valence-electron chi connectivity index (χ0n) is 22.0. The van der Waals surface area contributed by atoms with E-state index in [4.69, 9.17) is 0 Å². The molecule has 0 bridgehead atoms. The van der Waals surface area contributed by atoms with E-state index in [1.54, 1.807) is 43.4 Å². The van der Waals surface area contributed by atoms with E-state index in [-0.39, 0.29) is 42.7 Å². The van der Waals surface area contributed by atoms with Gasteiger partial charge in [0.2, 0.25) is 15.9 Å². The van der Waals surface area contributed by atoms with Gasteiger partial charge in [-0.1, -0.05) is 6.92 Å². The number of hydrogen-bond acceptors (Lipinski definition) is 6. The lowest BCUT2D eigenvalue weighted by molar-refractivity contribution is -0.116. The maximum absolute atomic E-state index is 15.2. The fourth-order valence-corrected chi connectivity index (χ4v) is 7.19. The van der Waals surface area contributed by atoms with Crippen LogP contribution < -0.4 is 19.7 Å². The number of sulfonamides is 1. The minimum Gasteiger partial charge on any atom is -0.356 e. The second-order valence-electron chi connectivity index (χ2n) is 9.98. The van der Waals surface area contributed by atoms with E-state index in [1.807, 2.05) is 0 Å². The summed E-state index contributed by atoms with van der Waals surface area (Å²) in [6.07, 6.45) is 4.64. The smallest absolute Gasteiger partial charge is 0.274 e. The lowest BCUT2D eigenvalue weighted by Crippen LogP contribution is -2.46. The van der Waals surface area contributed by atoms with Crippen LogP contribution in [0.2, 0.25) is 0 Å². The predicted octanol–water partition coefficient (Wildman–Crippen LogP) is 3.77. The Morgan fingerprint density at radius 3 is 2.58 bits per heavy atom. The minimum atomic E-state index is -3.72. The fourth-order valence-electron chi connectivity index (χ4n) is 5.65. The van der Waals surface area contributed by atoms with Crippen LogP contribution in [0.5, 0.6) is 0 Å². The number of aromatic amines is 1. The number of nitrogens with one attached hydrogen (secondary N) is 1. The van der Waals surface area contributed by atoms with Crippen LogP contribution in [0.1, 0.15) is 25.8 Å². The molecule has 208 valence electrons. The third-order valence-corrected chi connectivity index (χ3v) is 9.37. The molecule has 0 spiro atoms. The number of anilines is 4. The Morgan fingerprint density at radius 2 is 1.88 bits per heavy atom. The highest BCUT2D eigenvalue weighted by Crippen LogP contribution is 2.49. The van der Waals surface area contributed by atoms with E-state index in [0.29, 0.717) is 51.1 Å². The Hall–Kier alpha value is -4.26. The molecule has 1 N–H and O–H groups in total. The second-order valence-corrected chi connectivity index (χ2v) is 12.0. The van der Waals surface area contributed by atoms with E-state index in [1.165, 1.54) is 20.7 Å². The molecule has 2 aliphatic rings. The summed E-state index contributed by atoms with van der Waals surface area (Å²) < 4.78 is 58.5. The van der Waals surface area contributed by atoms with Crippen molar-refractivity contribution < 1.29 is 22.0 Å². The number of hydrogen-bond donors (Lipinski definition) is 1. The molecule has 40 heavy (non-hydrogen) atoms. The van der Waals surface area contributed by atoms with Gasteiger partial charge in [-0.15, -0.1) is 0 Å². The molecule has 0 saturated carbocycles. The summed E-state index contributed by atoms with van der Waals surface area (Å²) >= 11 is 0. The number of carbonyl (C=O) groups excluding carboxylic acids is 1. The molecule has 13 heteroatoms. The lowest BCUT2D eigenvalue weighted by Gasteiger charge is -2.38. The summed E-state index contributed by atoms with van der Waals surface area (Å²) in [5.41, 5.74) is 2.94. The van der Waals surface area contributed by atoms with Gasteiger partial charge in [0.25, 0.3) is 5.56 Å². The summed E-state index contributed by atoms with van der Waals surface area (Å²) in [5, 5.41) is 0.608. The topological polar surface area (TPSA) is 112 Å². The summed E-state index contributed by atoms with van der Waals surface area (Å²) in [6, 6.07) is 4.06. The molecule has 0 fully saturated rings. The third-order valence-electron chi connectivity index (χ3n) is 7.40. The summed E-state index contributed by atoms with van der Waals surface area (Å²) in [7, 11) is -2.11. The van der Waals surface area contributed by atoms with Gasteiger partial charge in [0.1, 0.15) is 11.3 Å². The first-order chi connectivity index (χ1) is 19.0. The van der Waals surface area contributed by atoms with E-state index in [0.717, 1.165) is 12.3 Å². The number of amides is 1. The van der Waals surface area contributed by atoms with Crippen molar-refractivity contribution in [3.63, 3.8) is 0 Å². The first kappa shape index (κ1) is 26.0. The van der Waals surface area contributed by atoms with Crippen molar-refractivity contribution in [2.75, 3.05) is 32.9 Å². The van der Waals surface area contributed by atoms with Crippen LogP contribution in [0.4, 0.5) is 31.7 Å². The number of nitrogens with zero attached hydrogens (tertiary/aromatic N) is 5. The van der Waals surface area contributed by atoms with E-state index >= 15 is 4.39 Å². The number of aryl methyl sites for hydroxylation is 1.